The van der Waals surface area contributed by atoms with Gasteiger partial charge < -0.3 is 0 Å². The minimum atomic E-state index is -1.16. The summed E-state index contributed by atoms with van der Waals surface area (Å²) in [7, 11) is 0. The molecule has 2 aliphatic carbocycles. The average Bonchev–Trinajstić information content (AvgIpc) is 3.04. The molecule has 0 aromatic rings. The first-order valence-corrected chi connectivity index (χ1v) is 9.68. The molecule has 4 N–H and O–H groups in total. The minimum absolute atomic E-state index is 0.0784. The number of rotatable bonds is 3. The molecule has 2 saturated carbocycles. The van der Waals surface area contributed by atoms with E-state index >= 15 is 0 Å². The van der Waals surface area contributed by atoms with Crippen LogP contribution >= 0.6 is 0 Å². The van der Waals surface area contributed by atoms with E-state index in [1.54, 1.807) is 6.92 Å². The molecule has 122 valence electrons. The van der Waals surface area contributed by atoms with Crippen LogP contribution < -0.4 is 25.0 Å². The van der Waals surface area contributed by atoms with Crippen LogP contribution in [0, 0.1) is 5.92 Å². The van der Waals surface area contributed by atoms with Gasteiger partial charge in [-0.25, -0.2) is 0 Å². The number of aliphatic hydroxyl groups is 3. The van der Waals surface area contributed by atoms with Crippen molar-refractivity contribution in [1.82, 2.24) is 3.53 Å². The third kappa shape index (κ3) is 3.36. The molecule has 1 aliphatic heterocycles. The van der Waals surface area contributed by atoms with Crippen molar-refractivity contribution in [1.29, 1.82) is 0 Å². The molecule has 3 fully saturated rings. The molecule has 3 rings (SSSR count). The van der Waals surface area contributed by atoms with Crippen LogP contribution in [0.15, 0.2) is 0 Å². The van der Waals surface area contributed by atoms with Crippen LogP contribution in [0.4, 0.5) is 0 Å². The second-order valence-corrected chi connectivity index (χ2v) is 9.91. The molecule has 0 amide bonds. The maximum atomic E-state index is 12.3. The Bertz CT molecular complexity index is 451. The first-order chi connectivity index (χ1) is 9.62. The second kappa shape index (κ2) is 5.02. The Hall–Kier alpha value is 0.0400. The molecule has 2 bridgehead atoms. The van der Waals surface area contributed by atoms with Crippen molar-refractivity contribution in [2.75, 3.05) is 0 Å². The van der Waals surface area contributed by atoms with E-state index in [2.05, 4.69) is 3.53 Å². The van der Waals surface area contributed by atoms with Crippen molar-refractivity contribution in [2.45, 2.75) is 72.9 Å². The normalized spacial score (nSPS) is 50.7. The van der Waals surface area contributed by atoms with Gasteiger partial charge in [-0.2, -0.15) is 0 Å². The number of aliphatic hydroxyl groups excluding tert-OH is 1. The van der Waals surface area contributed by atoms with E-state index in [1.165, 1.54) is 0 Å². The second-order valence-electron chi connectivity index (χ2n) is 7.33. The quantitative estimate of drug-likeness (QED) is 0.0964. The van der Waals surface area contributed by atoms with Gasteiger partial charge in [0.1, 0.15) is 0 Å². The van der Waals surface area contributed by atoms with Gasteiger partial charge in [-0.05, 0) is 0 Å². The molecule has 1 saturated heterocycles. The summed E-state index contributed by atoms with van der Waals surface area (Å²) in [5.41, 5.74) is -3.19. The topological polar surface area (TPSA) is 109 Å². The Labute approximate surface area is 134 Å². The number of fused-ring (bicyclic) bond motifs is 2. The average molecular weight is 412 g/mol. The number of carbonyl (C=O) groups is 1. The number of hydrogen-bond donors (Lipinski definition) is 4. The third-order valence-electron chi connectivity index (χ3n) is 4.65. The van der Waals surface area contributed by atoms with Gasteiger partial charge in [0.2, 0.25) is 0 Å². The molecule has 0 spiro atoms. The zero-order chi connectivity index (χ0) is 15.5. The van der Waals surface area contributed by atoms with Crippen molar-refractivity contribution in [2.24, 2.45) is 5.92 Å². The number of ether oxygens (including phenoxy) is 1. The molecule has 6 atom stereocenters. The maximum absolute atomic E-state index is 12.3. The summed E-state index contributed by atoms with van der Waals surface area (Å²) in [6, 6.07) is 0. The van der Waals surface area contributed by atoms with E-state index in [9.17, 15) is 20.1 Å². The van der Waals surface area contributed by atoms with Gasteiger partial charge in [0, 0.05) is 0 Å². The fraction of sp³-hybridized carbons (Fsp3) is 0.929. The molecular formula is C14H23INO5-. The Morgan fingerprint density at radius 3 is 2.62 bits per heavy atom. The van der Waals surface area contributed by atoms with Crippen LogP contribution in [0.25, 0.3) is 0 Å². The van der Waals surface area contributed by atoms with Gasteiger partial charge in [0.25, 0.3) is 0 Å². The first kappa shape index (κ1) is 15.9. The van der Waals surface area contributed by atoms with Crippen LogP contribution in [0.1, 0.15) is 46.0 Å². The van der Waals surface area contributed by atoms with Crippen LogP contribution in [0.2, 0.25) is 0 Å². The number of esters is 1. The number of nitrogens with one attached hydrogen (secondary N) is 1. The van der Waals surface area contributed by atoms with Crippen LogP contribution in [-0.4, -0.2) is 48.2 Å². The van der Waals surface area contributed by atoms with Crippen LogP contribution in [-0.2, 0) is 9.53 Å². The van der Waals surface area contributed by atoms with E-state index in [0.29, 0.717) is 6.42 Å². The van der Waals surface area contributed by atoms with Gasteiger partial charge in [-0.1, -0.05) is 0 Å². The molecule has 1 heterocycles. The molecule has 7 heteroatoms. The van der Waals surface area contributed by atoms with E-state index in [0.717, 1.165) is 0 Å². The SMILES string of the molecule is CC(C(=O)OC12CC(O)CC(O)(CC(C)(O)C1)C2)C1N[I-]1. The van der Waals surface area contributed by atoms with Gasteiger partial charge in [-0.15, -0.1) is 0 Å². The molecule has 3 aliphatic rings. The summed E-state index contributed by atoms with van der Waals surface area (Å²) in [5.74, 6) is -0.495. The van der Waals surface area contributed by atoms with Crippen molar-refractivity contribution >= 4 is 5.97 Å². The predicted octanol–water partition coefficient (Wildman–Crippen LogP) is -3.34. The number of alkyl halides is 1. The third-order valence-corrected chi connectivity index (χ3v) is 7.07. The summed E-state index contributed by atoms with van der Waals surface area (Å²) in [4.78, 5) is 12.3. The first-order valence-electron chi connectivity index (χ1n) is 7.36. The van der Waals surface area contributed by atoms with Crippen LogP contribution in [0.3, 0.4) is 0 Å². The zero-order valence-electron chi connectivity index (χ0n) is 12.3. The number of halogens is 1. The van der Waals surface area contributed by atoms with Crippen molar-refractivity contribution in [3.05, 3.63) is 0 Å². The van der Waals surface area contributed by atoms with Gasteiger partial charge in [0.05, 0.1) is 0 Å². The predicted molar refractivity (Wildman–Crippen MR) is 69.6 cm³/mol. The molecular weight excluding hydrogens is 389 g/mol. The number of carbonyl (C=O) groups excluding carboxylic acids is 1. The Morgan fingerprint density at radius 2 is 2.00 bits per heavy atom. The van der Waals surface area contributed by atoms with Gasteiger partial charge in [-0.3, -0.25) is 0 Å². The van der Waals surface area contributed by atoms with E-state index < -0.39 is 22.9 Å². The molecule has 21 heavy (non-hydrogen) atoms. The summed E-state index contributed by atoms with van der Waals surface area (Å²) in [6.07, 6.45) is 0.602. The van der Waals surface area contributed by atoms with Crippen molar-refractivity contribution in [3.8, 4) is 0 Å². The van der Waals surface area contributed by atoms with Gasteiger partial charge in [0.15, 0.2) is 0 Å². The molecule has 0 radical (unpaired) electrons. The summed E-state index contributed by atoms with van der Waals surface area (Å²) < 4.78 is 9.21. The van der Waals surface area contributed by atoms with Gasteiger partial charge >= 0.3 is 135 Å². The van der Waals surface area contributed by atoms with E-state index in [4.69, 9.17) is 4.74 Å². The standard InChI is InChI=1S/C14H23INO5/c1-8(10-15-16-10)11(18)21-14-4-9(17)3-13(20,7-14)5-12(2,19)6-14/h8-10,16-17,19-20H,3-7H2,1-2H3/q-1. The number of hydrogen-bond acceptors (Lipinski definition) is 6. The summed E-state index contributed by atoms with van der Waals surface area (Å²) in [5, 5.41) is 31.1. The van der Waals surface area contributed by atoms with Crippen LogP contribution in [0.5, 0.6) is 0 Å². The summed E-state index contributed by atoms with van der Waals surface area (Å²) in [6.45, 7) is 3.50. The zero-order valence-corrected chi connectivity index (χ0v) is 14.5. The Morgan fingerprint density at radius 1 is 1.33 bits per heavy atom. The van der Waals surface area contributed by atoms with Crippen molar-refractivity contribution in [3.63, 3.8) is 0 Å². The van der Waals surface area contributed by atoms with E-state index in [-0.39, 0.29) is 63.1 Å². The molecule has 6 unspecified atom stereocenters. The fourth-order valence-electron chi connectivity index (χ4n) is 4.18. The Kier molecular flexibility index (Phi) is 3.81. The fourth-order valence-corrected chi connectivity index (χ4v) is 5.76. The Balaban J connectivity index is 1.80. The van der Waals surface area contributed by atoms with Crippen molar-refractivity contribution < 1.29 is 46.3 Å². The van der Waals surface area contributed by atoms with E-state index in [1.807, 2.05) is 6.92 Å². The molecule has 6 nitrogen and oxygen atoms in total. The summed E-state index contributed by atoms with van der Waals surface area (Å²) >= 11 is -0.0784. The monoisotopic (exact) mass is 412 g/mol. The molecule has 0 aromatic carbocycles. The molecule has 0 aromatic heterocycles.